The molecule has 1 aromatic carbocycles. The summed E-state index contributed by atoms with van der Waals surface area (Å²) >= 11 is 3.48. The molecule has 4 heteroatoms. The van der Waals surface area contributed by atoms with Crippen molar-refractivity contribution in [2.45, 2.75) is 13.5 Å². The third-order valence-electron chi connectivity index (χ3n) is 2.28. The van der Waals surface area contributed by atoms with Crippen LogP contribution in [0.2, 0.25) is 0 Å². The predicted octanol–water partition coefficient (Wildman–Crippen LogP) is 2.40. The van der Waals surface area contributed by atoms with Crippen molar-refractivity contribution in [2.24, 2.45) is 5.73 Å². The number of halogens is 1. The summed E-state index contributed by atoms with van der Waals surface area (Å²) in [6.45, 7) is 2.54. The fourth-order valence-electron chi connectivity index (χ4n) is 1.40. The molecule has 2 rings (SSSR count). The largest absolute Gasteiger partial charge is 0.325 e. The second-order valence-corrected chi connectivity index (χ2v) is 4.26. The van der Waals surface area contributed by atoms with Gasteiger partial charge in [0, 0.05) is 22.9 Å². The van der Waals surface area contributed by atoms with Crippen LogP contribution < -0.4 is 5.73 Å². The average molecular weight is 266 g/mol. The molecule has 0 fully saturated rings. The molecule has 0 saturated heterocycles. The van der Waals surface area contributed by atoms with E-state index in [0.29, 0.717) is 6.54 Å². The molecule has 0 aliphatic rings. The molecule has 0 atom stereocenters. The van der Waals surface area contributed by atoms with Crippen molar-refractivity contribution in [3.63, 3.8) is 0 Å². The molecule has 1 aromatic heterocycles. The van der Waals surface area contributed by atoms with Crippen molar-refractivity contribution in [1.29, 1.82) is 0 Å². The van der Waals surface area contributed by atoms with Crippen molar-refractivity contribution in [2.75, 3.05) is 0 Å². The van der Waals surface area contributed by atoms with E-state index in [2.05, 4.69) is 33.9 Å². The minimum atomic E-state index is 0.475. The van der Waals surface area contributed by atoms with E-state index < -0.39 is 0 Å². The maximum atomic E-state index is 5.51. The number of aryl methyl sites for hydroxylation is 1. The summed E-state index contributed by atoms with van der Waals surface area (Å²) in [6.07, 6.45) is 3.73. The summed E-state index contributed by atoms with van der Waals surface area (Å²) in [5, 5.41) is 0. The van der Waals surface area contributed by atoms with Crippen LogP contribution in [0.5, 0.6) is 0 Å². The summed E-state index contributed by atoms with van der Waals surface area (Å²) < 4.78 is 3.09. The minimum Gasteiger partial charge on any atom is -0.325 e. The van der Waals surface area contributed by atoms with E-state index in [9.17, 15) is 0 Å². The zero-order chi connectivity index (χ0) is 10.8. The van der Waals surface area contributed by atoms with Gasteiger partial charge in [0.05, 0.1) is 12.0 Å². The van der Waals surface area contributed by atoms with E-state index in [0.717, 1.165) is 15.9 Å². The molecule has 15 heavy (non-hydrogen) atoms. The van der Waals surface area contributed by atoms with Crippen LogP contribution in [0.15, 0.2) is 35.2 Å². The van der Waals surface area contributed by atoms with Gasteiger partial charge >= 0.3 is 0 Å². The van der Waals surface area contributed by atoms with E-state index in [-0.39, 0.29) is 0 Å². The zero-order valence-corrected chi connectivity index (χ0v) is 10.0. The minimum absolute atomic E-state index is 0.475. The van der Waals surface area contributed by atoms with E-state index >= 15 is 0 Å². The highest BCUT2D eigenvalue weighted by atomic mass is 79.9. The van der Waals surface area contributed by atoms with E-state index in [1.54, 1.807) is 6.33 Å². The fourth-order valence-corrected chi connectivity index (χ4v) is 1.65. The van der Waals surface area contributed by atoms with Gasteiger partial charge in [-0.1, -0.05) is 15.9 Å². The first-order chi connectivity index (χ1) is 7.20. The Kier molecular flexibility index (Phi) is 2.88. The first-order valence-corrected chi connectivity index (χ1v) is 5.49. The van der Waals surface area contributed by atoms with Crippen LogP contribution in [0.25, 0.3) is 5.69 Å². The smallest absolute Gasteiger partial charge is 0.0995 e. The molecule has 0 unspecified atom stereocenters. The Morgan fingerprint density at radius 3 is 2.87 bits per heavy atom. The van der Waals surface area contributed by atoms with Gasteiger partial charge in [-0.3, -0.25) is 0 Å². The number of rotatable bonds is 2. The lowest BCUT2D eigenvalue weighted by molar-refractivity contribution is 1.01. The van der Waals surface area contributed by atoms with Gasteiger partial charge in [0.15, 0.2) is 0 Å². The van der Waals surface area contributed by atoms with Crippen molar-refractivity contribution in [3.05, 3.63) is 46.5 Å². The van der Waals surface area contributed by atoms with Crippen molar-refractivity contribution >= 4 is 15.9 Å². The Morgan fingerprint density at radius 2 is 2.27 bits per heavy atom. The van der Waals surface area contributed by atoms with Gasteiger partial charge in [-0.25, -0.2) is 4.98 Å². The maximum Gasteiger partial charge on any atom is 0.0995 e. The molecule has 0 saturated carbocycles. The van der Waals surface area contributed by atoms with E-state index in [1.165, 1.54) is 5.56 Å². The Bertz CT molecular complexity index is 476. The number of benzene rings is 1. The molecule has 2 aromatic rings. The van der Waals surface area contributed by atoms with Gasteiger partial charge in [0.25, 0.3) is 0 Å². The van der Waals surface area contributed by atoms with Crippen molar-refractivity contribution < 1.29 is 0 Å². The van der Waals surface area contributed by atoms with Crippen molar-refractivity contribution in [3.8, 4) is 5.69 Å². The second-order valence-electron chi connectivity index (χ2n) is 3.41. The molecular weight excluding hydrogens is 254 g/mol. The lowest BCUT2D eigenvalue weighted by atomic mass is 10.2. The Balaban J connectivity index is 2.40. The summed E-state index contributed by atoms with van der Waals surface area (Å²) in [4.78, 5) is 4.19. The quantitative estimate of drug-likeness (QED) is 0.907. The molecule has 3 nitrogen and oxygen atoms in total. The third-order valence-corrected chi connectivity index (χ3v) is 3.17. The van der Waals surface area contributed by atoms with Crippen LogP contribution >= 0.6 is 15.9 Å². The molecule has 0 aliphatic carbocycles. The van der Waals surface area contributed by atoms with Crippen LogP contribution in [-0.2, 0) is 6.54 Å². The zero-order valence-electron chi connectivity index (χ0n) is 8.44. The Labute approximate surface area is 97.1 Å². The van der Waals surface area contributed by atoms with Gasteiger partial charge in [-0.15, -0.1) is 0 Å². The van der Waals surface area contributed by atoms with E-state index in [1.807, 2.05) is 22.9 Å². The molecule has 2 N–H and O–H groups in total. The summed E-state index contributed by atoms with van der Waals surface area (Å²) in [5.74, 6) is 0. The number of nitrogens with zero attached hydrogens (tertiary/aromatic N) is 2. The highest BCUT2D eigenvalue weighted by molar-refractivity contribution is 9.10. The number of nitrogens with two attached hydrogens (primary N) is 1. The number of aromatic nitrogens is 2. The Morgan fingerprint density at radius 1 is 1.47 bits per heavy atom. The fraction of sp³-hybridized carbons (Fsp3) is 0.182. The normalized spacial score (nSPS) is 10.6. The second kappa shape index (κ2) is 4.16. The lowest BCUT2D eigenvalue weighted by Gasteiger charge is -2.04. The number of imidazole rings is 1. The van der Waals surface area contributed by atoms with Gasteiger partial charge in [-0.2, -0.15) is 0 Å². The van der Waals surface area contributed by atoms with Crippen LogP contribution in [0.3, 0.4) is 0 Å². The monoisotopic (exact) mass is 265 g/mol. The average Bonchev–Trinajstić information content (AvgIpc) is 2.70. The molecule has 0 spiro atoms. The molecule has 78 valence electrons. The van der Waals surface area contributed by atoms with Crippen LogP contribution in [0, 0.1) is 6.92 Å². The van der Waals surface area contributed by atoms with Gasteiger partial charge in [0.2, 0.25) is 0 Å². The summed E-state index contributed by atoms with van der Waals surface area (Å²) in [7, 11) is 0. The lowest BCUT2D eigenvalue weighted by Crippen LogP contribution is -1.96. The SMILES string of the molecule is Cc1cc(-n2cnc(CN)c2)ccc1Br. The predicted molar refractivity (Wildman–Crippen MR) is 63.9 cm³/mol. The number of hydrogen-bond acceptors (Lipinski definition) is 2. The van der Waals surface area contributed by atoms with Gasteiger partial charge < -0.3 is 10.3 Å². The third kappa shape index (κ3) is 2.11. The molecule has 0 amide bonds. The molecule has 0 radical (unpaired) electrons. The summed E-state index contributed by atoms with van der Waals surface area (Å²) in [6, 6.07) is 6.18. The molecular formula is C11H12BrN3. The first-order valence-electron chi connectivity index (χ1n) is 4.70. The molecule has 0 bridgehead atoms. The standard InChI is InChI=1S/C11H12BrN3/c1-8-4-10(2-3-11(8)12)15-6-9(5-13)14-7-15/h2-4,6-7H,5,13H2,1H3. The first kappa shape index (κ1) is 10.4. The maximum absolute atomic E-state index is 5.51. The van der Waals surface area contributed by atoms with E-state index in [4.69, 9.17) is 5.73 Å². The van der Waals surface area contributed by atoms with Crippen LogP contribution in [0.4, 0.5) is 0 Å². The van der Waals surface area contributed by atoms with Crippen LogP contribution in [-0.4, -0.2) is 9.55 Å². The number of hydrogen-bond donors (Lipinski definition) is 1. The molecule has 0 aliphatic heterocycles. The summed E-state index contributed by atoms with van der Waals surface area (Å²) in [5.41, 5.74) is 8.71. The highest BCUT2D eigenvalue weighted by Gasteiger charge is 2.01. The molecule has 1 heterocycles. The van der Waals surface area contributed by atoms with Gasteiger partial charge in [0.1, 0.15) is 0 Å². The Hall–Kier alpha value is -1.13. The van der Waals surface area contributed by atoms with Crippen LogP contribution in [0.1, 0.15) is 11.3 Å². The highest BCUT2D eigenvalue weighted by Crippen LogP contribution is 2.19. The topological polar surface area (TPSA) is 43.8 Å². The van der Waals surface area contributed by atoms with Crippen molar-refractivity contribution in [1.82, 2.24) is 9.55 Å². The van der Waals surface area contributed by atoms with Gasteiger partial charge in [-0.05, 0) is 30.7 Å².